The Balaban J connectivity index is 1.35. The second-order valence-electron chi connectivity index (χ2n) is 8.49. The number of thiazole rings is 1. The largest absolute Gasteiger partial charge is 0.336 e. The van der Waals surface area contributed by atoms with Crippen molar-refractivity contribution in [2.75, 3.05) is 11.9 Å². The molecule has 4 rings (SSSR count). The van der Waals surface area contributed by atoms with E-state index in [-0.39, 0.29) is 5.91 Å². The van der Waals surface area contributed by atoms with Crippen LogP contribution in [0.15, 0.2) is 42.5 Å². The number of fused-ring (bicyclic) bond motifs is 1. The van der Waals surface area contributed by atoms with Crippen LogP contribution in [0.5, 0.6) is 0 Å². The molecular formula is C24H30N3OS+. The number of benzene rings is 2. The van der Waals surface area contributed by atoms with E-state index in [1.165, 1.54) is 29.5 Å². The fourth-order valence-corrected chi connectivity index (χ4v) is 5.35. The Kier molecular flexibility index (Phi) is 5.97. The number of quaternary nitrogens is 1. The molecule has 1 saturated carbocycles. The summed E-state index contributed by atoms with van der Waals surface area (Å²) in [7, 11) is 0. The molecule has 1 aliphatic rings. The average molecular weight is 409 g/mol. The summed E-state index contributed by atoms with van der Waals surface area (Å²) in [6, 6.07) is 14.9. The van der Waals surface area contributed by atoms with Gasteiger partial charge in [-0.25, -0.2) is 4.98 Å². The maximum Gasteiger partial charge on any atom is 0.279 e. The summed E-state index contributed by atoms with van der Waals surface area (Å²) in [5, 5.41) is 6.27. The SMILES string of the molecule is Cc1ccc2nc(-c3ccc(NC(=O)C[NH2+][C@@H]4CCC[C@@H](C)[C@@H]4C)cc3)sc2c1. The van der Waals surface area contributed by atoms with Crippen molar-refractivity contribution >= 4 is 33.1 Å². The van der Waals surface area contributed by atoms with Crippen LogP contribution in [0.2, 0.25) is 0 Å². The Labute approximate surface area is 176 Å². The fraction of sp³-hybridized carbons (Fsp3) is 0.417. The number of aromatic nitrogens is 1. The summed E-state index contributed by atoms with van der Waals surface area (Å²) >= 11 is 1.71. The minimum atomic E-state index is 0.0682. The first-order chi connectivity index (χ1) is 14.0. The highest BCUT2D eigenvalue weighted by atomic mass is 32.1. The van der Waals surface area contributed by atoms with Gasteiger partial charge >= 0.3 is 0 Å². The van der Waals surface area contributed by atoms with Gasteiger partial charge in [0, 0.05) is 17.2 Å². The van der Waals surface area contributed by atoms with Crippen LogP contribution in [-0.4, -0.2) is 23.5 Å². The third-order valence-electron chi connectivity index (χ3n) is 6.34. The number of carbonyl (C=O) groups is 1. The van der Waals surface area contributed by atoms with E-state index >= 15 is 0 Å². The van der Waals surface area contributed by atoms with E-state index in [0.717, 1.165) is 27.7 Å². The van der Waals surface area contributed by atoms with Crippen molar-refractivity contribution in [3.8, 4) is 10.6 Å². The molecule has 29 heavy (non-hydrogen) atoms. The molecule has 2 aromatic carbocycles. The quantitative estimate of drug-likeness (QED) is 0.648. The normalized spacial score (nSPS) is 22.0. The lowest BCUT2D eigenvalue weighted by Crippen LogP contribution is -2.93. The summed E-state index contributed by atoms with van der Waals surface area (Å²) in [5.41, 5.74) is 4.21. The number of aryl methyl sites for hydroxylation is 1. The van der Waals surface area contributed by atoms with Crippen molar-refractivity contribution in [3.05, 3.63) is 48.0 Å². The molecule has 0 spiro atoms. The van der Waals surface area contributed by atoms with E-state index in [1.54, 1.807) is 11.3 Å². The first-order valence-corrected chi connectivity index (χ1v) is 11.4. The van der Waals surface area contributed by atoms with Crippen molar-refractivity contribution in [3.63, 3.8) is 0 Å². The summed E-state index contributed by atoms with van der Waals surface area (Å²) < 4.78 is 1.21. The minimum absolute atomic E-state index is 0.0682. The second kappa shape index (κ2) is 8.64. The first-order valence-electron chi connectivity index (χ1n) is 10.6. The molecule has 0 saturated heterocycles. The summed E-state index contributed by atoms with van der Waals surface area (Å²) in [6.45, 7) is 7.24. The van der Waals surface area contributed by atoms with Gasteiger partial charge in [-0.3, -0.25) is 4.79 Å². The van der Waals surface area contributed by atoms with E-state index in [2.05, 4.69) is 49.6 Å². The van der Waals surface area contributed by atoms with Gasteiger partial charge in [-0.2, -0.15) is 0 Å². The Bertz CT molecular complexity index is 995. The maximum atomic E-state index is 12.4. The molecule has 4 nitrogen and oxygen atoms in total. The predicted molar refractivity (Wildman–Crippen MR) is 121 cm³/mol. The van der Waals surface area contributed by atoms with E-state index in [1.807, 2.05) is 24.3 Å². The van der Waals surface area contributed by atoms with Gasteiger partial charge in [-0.1, -0.05) is 19.9 Å². The van der Waals surface area contributed by atoms with Gasteiger partial charge in [0.2, 0.25) is 0 Å². The zero-order chi connectivity index (χ0) is 20.4. The number of amides is 1. The Morgan fingerprint density at radius 3 is 2.76 bits per heavy atom. The van der Waals surface area contributed by atoms with Crippen molar-refractivity contribution in [1.29, 1.82) is 0 Å². The van der Waals surface area contributed by atoms with Crippen LogP contribution in [0.4, 0.5) is 5.69 Å². The van der Waals surface area contributed by atoms with Crippen LogP contribution in [0, 0.1) is 18.8 Å². The van der Waals surface area contributed by atoms with E-state index < -0.39 is 0 Å². The summed E-state index contributed by atoms with van der Waals surface area (Å²) in [6.07, 6.45) is 3.81. The molecule has 3 atom stereocenters. The molecule has 1 aliphatic carbocycles. The van der Waals surface area contributed by atoms with Crippen LogP contribution in [0.25, 0.3) is 20.8 Å². The molecule has 0 radical (unpaired) electrons. The topological polar surface area (TPSA) is 58.6 Å². The van der Waals surface area contributed by atoms with Crippen molar-refractivity contribution < 1.29 is 10.1 Å². The standard InChI is InChI=1S/C24H29N3OS/c1-15-7-12-21-22(13-15)29-24(27-21)18-8-10-19(11-9-18)26-23(28)14-25-20-6-4-5-16(2)17(20)3/h7-13,16-17,20,25H,4-6,14H2,1-3H3,(H,26,28)/p+1/t16-,17+,20-/m1/s1. The molecule has 152 valence electrons. The predicted octanol–water partition coefficient (Wildman–Crippen LogP) is 4.60. The first kappa shape index (κ1) is 20.0. The maximum absolute atomic E-state index is 12.4. The number of nitrogens with two attached hydrogens (primary N) is 1. The van der Waals surface area contributed by atoms with Gasteiger partial charge in [-0.05, 0) is 74.1 Å². The number of nitrogens with zero attached hydrogens (tertiary/aromatic N) is 1. The highest BCUT2D eigenvalue weighted by Gasteiger charge is 2.29. The van der Waals surface area contributed by atoms with Gasteiger partial charge in [-0.15, -0.1) is 11.3 Å². The van der Waals surface area contributed by atoms with E-state index in [9.17, 15) is 4.79 Å². The fourth-order valence-electron chi connectivity index (χ4n) is 4.28. The summed E-state index contributed by atoms with van der Waals surface area (Å²) in [5.74, 6) is 1.50. The molecule has 3 aromatic rings. The summed E-state index contributed by atoms with van der Waals surface area (Å²) in [4.78, 5) is 17.1. The lowest BCUT2D eigenvalue weighted by atomic mass is 9.78. The van der Waals surface area contributed by atoms with Gasteiger partial charge < -0.3 is 10.6 Å². The number of anilines is 1. The molecule has 0 unspecified atom stereocenters. The third-order valence-corrected chi connectivity index (χ3v) is 7.40. The third kappa shape index (κ3) is 4.68. The molecule has 1 aromatic heterocycles. The minimum Gasteiger partial charge on any atom is -0.336 e. The molecule has 1 heterocycles. The number of rotatable bonds is 5. The second-order valence-corrected chi connectivity index (χ2v) is 9.52. The number of nitrogens with one attached hydrogen (secondary N) is 1. The monoisotopic (exact) mass is 408 g/mol. The van der Waals surface area contributed by atoms with Crippen molar-refractivity contribution in [2.45, 2.75) is 46.1 Å². The molecule has 0 bridgehead atoms. The van der Waals surface area contributed by atoms with E-state index in [0.29, 0.717) is 18.5 Å². The van der Waals surface area contributed by atoms with Crippen LogP contribution in [0.1, 0.15) is 38.7 Å². The number of hydrogen-bond donors (Lipinski definition) is 2. The Hall–Kier alpha value is -2.24. The highest BCUT2D eigenvalue weighted by molar-refractivity contribution is 7.21. The van der Waals surface area contributed by atoms with Gasteiger partial charge in [0.25, 0.3) is 5.91 Å². The molecule has 5 heteroatoms. The molecular weight excluding hydrogens is 378 g/mol. The van der Waals surface area contributed by atoms with Crippen LogP contribution in [0.3, 0.4) is 0 Å². The van der Waals surface area contributed by atoms with E-state index in [4.69, 9.17) is 4.98 Å². The Morgan fingerprint density at radius 2 is 1.97 bits per heavy atom. The van der Waals surface area contributed by atoms with Crippen LogP contribution in [-0.2, 0) is 4.79 Å². The lowest BCUT2D eigenvalue weighted by molar-refractivity contribution is -0.688. The Morgan fingerprint density at radius 1 is 1.17 bits per heavy atom. The smallest absolute Gasteiger partial charge is 0.279 e. The average Bonchev–Trinajstić information content (AvgIpc) is 3.13. The molecule has 0 aliphatic heterocycles. The van der Waals surface area contributed by atoms with Crippen molar-refractivity contribution in [1.82, 2.24) is 4.98 Å². The molecule has 1 amide bonds. The van der Waals surface area contributed by atoms with Crippen LogP contribution < -0.4 is 10.6 Å². The number of carbonyl (C=O) groups excluding carboxylic acids is 1. The van der Waals surface area contributed by atoms with Crippen molar-refractivity contribution in [2.24, 2.45) is 11.8 Å². The number of hydrogen-bond acceptors (Lipinski definition) is 3. The zero-order valence-corrected chi connectivity index (χ0v) is 18.3. The zero-order valence-electron chi connectivity index (χ0n) is 17.4. The van der Waals surface area contributed by atoms with Gasteiger partial charge in [0.1, 0.15) is 5.01 Å². The van der Waals surface area contributed by atoms with Gasteiger partial charge in [0.15, 0.2) is 6.54 Å². The molecule has 1 fully saturated rings. The van der Waals surface area contributed by atoms with Crippen LogP contribution >= 0.6 is 11.3 Å². The lowest BCUT2D eigenvalue weighted by Gasteiger charge is -2.31. The highest BCUT2D eigenvalue weighted by Crippen LogP contribution is 2.31. The van der Waals surface area contributed by atoms with Gasteiger partial charge in [0.05, 0.1) is 16.3 Å². The molecule has 3 N–H and O–H groups in total.